The predicted molar refractivity (Wildman–Crippen MR) is 75.8 cm³/mol. The average Bonchev–Trinajstić information content (AvgIpc) is 3.03. The van der Waals surface area contributed by atoms with Crippen molar-refractivity contribution in [3.05, 3.63) is 23.8 Å². The van der Waals surface area contributed by atoms with Crippen LogP contribution in [0.1, 0.15) is 31.7 Å². The van der Waals surface area contributed by atoms with E-state index in [9.17, 15) is 8.42 Å². The van der Waals surface area contributed by atoms with Gasteiger partial charge in [-0.1, -0.05) is 12.8 Å². The lowest BCUT2D eigenvalue weighted by atomic mass is 10.2. The summed E-state index contributed by atoms with van der Waals surface area (Å²) in [6.45, 7) is 2.84. The van der Waals surface area contributed by atoms with Crippen molar-refractivity contribution in [2.45, 2.75) is 43.5 Å². The van der Waals surface area contributed by atoms with E-state index < -0.39 is 10.0 Å². The van der Waals surface area contributed by atoms with Crippen LogP contribution in [0.15, 0.2) is 23.1 Å². The average molecular weight is 280 g/mol. The Bertz CT molecular complexity index is 579. The normalized spacial score (nSPS) is 19.8. The van der Waals surface area contributed by atoms with Crippen molar-refractivity contribution in [3.8, 4) is 0 Å². The molecule has 4 nitrogen and oxygen atoms in total. The molecule has 1 aromatic rings. The van der Waals surface area contributed by atoms with Crippen LogP contribution in [0, 0.1) is 5.92 Å². The molecule has 0 spiro atoms. The first-order valence-electron chi connectivity index (χ1n) is 6.94. The van der Waals surface area contributed by atoms with Gasteiger partial charge in [0.2, 0.25) is 10.0 Å². The van der Waals surface area contributed by atoms with Crippen molar-refractivity contribution in [1.29, 1.82) is 0 Å². The summed E-state index contributed by atoms with van der Waals surface area (Å²) in [4.78, 5) is 0.387. The van der Waals surface area contributed by atoms with Crippen LogP contribution in [0.2, 0.25) is 0 Å². The van der Waals surface area contributed by atoms with Crippen LogP contribution in [0.5, 0.6) is 0 Å². The van der Waals surface area contributed by atoms with E-state index in [1.807, 2.05) is 13.0 Å². The second-order valence-corrected chi connectivity index (χ2v) is 7.41. The fourth-order valence-corrected chi connectivity index (χ4v) is 3.99. The summed E-state index contributed by atoms with van der Waals surface area (Å²) in [5.74, 6) is 0.724. The Morgan fingerprint density at radius 3 is 2.95 bits per heavy atom. The third kappa shape index (κ3) is 2.92. The first-order chi connectivity index (χ1) is 9.04. The number of nitrogens with one attached hydrogen (secondary N) is 2. The molecule has 1 atom stereocenters. The van der Waals surface area contributed by atoms with Crippen LogP contribution in [0.25, 0.3) is 0 Å². The molecule has 1 saturated carbocycles. The lowest BCUT2D eigenvalue weighted by molar-refractivity contribution is 0.530. The molecule has 19 heavy (non-hydrogen) atoms. The fourth-order valence-electron chi connectivity index (χ4n) is 2.68. The third-order valence-electron chi connectivity index (χ3n) is 3.84. The van der Waals surface area contributed by atoms with E-state index in [-0.39, 0.29) is 6.04 Å². The number of benzene rings is 1. The molecule has 1 unspecified atom stereocenters. The highest BCUT2D eigenvalue weighted by Crippen LogP contribution is 2.33. The summed E-state index contributed by atoms with van der Waals surface area (Å²) in [5.41, 5.74) is 2.16. The molecule has 5 heteroatoms. The van der Waals surface area contributed by atoms with E-state index in [0.29, 0.717) is 4.90 Å². The molecule has 1 fully saturated rings. The molecule has 1 aliphatic carbocycles. The van der Waals surface area contributed by atoms with Crippen LogP contribution in [-0.2, 0) is 16.4 Å². The van der Waals surface area contributed by atoms with E-state index in [1.165, 1.54) is 12.8 Å². The number of hydrogen-bond acceptors (Lipinski definition) is 3. The highest BCUT2D eigenvalue weighted by Gasteiger charge is 2.26. The van der Waals surface area contributed by atoms with Crippen LogP contribution in [-0.4, -0.2) is 21.0 Å². The summed E-state index contributed by atoms with van der Waals surface area (Å²) in [6, 6.07) is 5.36. The molecule has 0 aromatic heterocycles. The topological polar surface area (TPSA) is 58.2 Å². The Labute approximate surface area is 114 Å². The maximum atomic E-state index is 12.3. The standard InChI is InChI=1S/C14H20N2O2S/c1-10(8-11-2-3-11)16-19(17,18)13-4-5-14-12(9-13)6-7-15-14/h4-5,9-11,15-16H,2-3,6-8H2,1H3. The number of sulfonamides is 1. The maximum absolute atomic E-state index is 12.3. The van der Waals surface area contributed by atoms with Gasteiger partial charge in [0.1, 0.15) is 0 Å². The molecule has 1 heterocycles. The molecule has 0 saturated heterocycles. The van der Waals surface area contributed by atoms with Gasteiger partial charge in [0.25, 0.3) is 0 Å². The van der Waals surface area contributed by atoms with E-state index in [2.05, 4.69) is 10.0 Å². The van der Waals surface area contributed by atoms with Gasteiger partial charge in [-0.2, -0.15) is 0 Å². The highest BCUT2D eigenvalue weighted by molar-refractivity contribution is 7.89. The Hall–Kier alpha value is -1.07. The largest absolute Gasteiger partial charge is 0.384 e. The van der Waals surface area contributed by atoms with Crippen molar-refractivity contribution in [2.24, 2.45) is 5.92 Å². The molecule has 0 radical (unpaired) electrons. The van der Waals surface area contributed by atoms with Crippen molar-refractivity contribution >= 4 is 15.7 Å². The van der Waals surface area contributed by atoms with Gasteiger partial charge in [0.05, 0.1) is 4.90 Å². The van der Waals surface area contributed by atoms with Crippen LogP contribution in [0.4, 0.5) is 5.69 Å². The summed E-state index contributed by atoms with van der Waals surface area (Å²) in [7, 11) is -3.38. The first-order valence-corrected chi connectivity index (χ1v) is 8.42. The molecule has 2 N–H and O–H groups in total. The van der Waals surface area contributed by atoms with Crippen molar-refractivity contribution in [3.63, 3.8) is 0 Å². The molecule has 2 aliphatic rings. The van der Waals surface area contributed by atoms with Gasteiger partial charge in [-0.15, -0.1) is 0 Å². The zero-order valence-electron chi connectivity index (χ0n) is 11.1. The lowest BCUT2D eigenvalue weighted by Crippen LogP contribution is -2.32. The van der Waals surface area contributed by atoms with Gasteiger partial charge < -0.3 is 5.32 Å². The molecular formula is C14H20N2O2S. The number of hydrogen-bond donors (Lipinski definition) is 2. The molecule has 3 rings (SSSR count). The monoisotopic (exact) mass is 280 g/mol. The zero-order valence-corrected chi connectivity index (χ0v) is 12.0. The van der Waals surface area contributed by atoms with E-state index in [1.54, 1.807) is 12.1 Å². The Balaban J connectivity index is 1.75. The molecule has 0 amide bonds. The zero-order chi connectivity index (χ0) is 13.5. The summed E-state index contributed by atoms with van der Waals surface area (Å²) in [5, 5.41) is 3.24. The minimum absolute atomic E-state index is 0.0175. The number of anilines is 1. The SMILES string of the molecule is CC(CC1CC1)NS(=O)(=O)c1ccc2c(c1)CCN2. The predicted octanol–water partition coefficient (Wildman–Crippen LogP) is 2.12. The number of rotatable bonds is 5. The van der Waals surface area contributed by atoms with Crippen molar-refractivity contribution < 1.29 is 8.42 Å². The molecule has 0 bridgehead atoms. The molecule has 1 aromatic carbocycles. The Kier molecular flexibility index (Phi) is 3.27. The van der Waals surface area contributed by atoms with Crippen molar-refractivity contribution in [2.75, 3.05) is 11.9 Å². The minimum atomic E-state index is -3.38. The van der Waals surface area contributed by atoms with Gasteiger partial charge in [-0.3, -0.25) is 0 Å². The fraction of sp³-hybridized carbons (Fsp3) is 0.571. The molecular weight excluding hydrogens is 260 g/mol. The quantitative estimate of drug-likeness (QED) is 0.868. The lowest BCUT2D eigenvalue weighted by Gasteiger charge is -2.14. The van der Waals surface area contributed by atoms with Gasteiger partial charge in [-0.05, 0) is 49.4 Å². The summed E-state index contributed by atoms with van der Waals surface area (Å²) in [6.07, 6.45) is 4.34. The van der Waals surface area contributed by atoms with Crippen LogP contribution < -0.4 is 10.0 Å². The second-order valence-electron chi connectivity index (χ2n) is 5.70. The third-order valence-corrected chi connectivity index (χ3v) is 5.42. The van der Waals surface area contributed by atoms with E-state index in [0.717, 1.165) is 36.6 Å². The first kappa shape index (κ1) is 12.9. The Morgan fingerprint density at radius 2 is 2.21 bits per heavy atom. The minimum Gasteiger partial charge on any atom is -0.384 e. The van der Waals surface area contributed by atoms with Crippen LogP contribution >= 0.6 is 0 Å². The maximum Gasteiger partial charge on any atom is 0.240 e. The van der Waals surface area contributed by atoms with Gasteiger partial charge in [-0.25, -0.2) is 13.1 Å². The summed E-state index contributed by atoms with van der Waals surface area (Å²) >= 11 is 0. The van der Waals surface area contributed by atoms with Crippen molar-refractivity contribution in [1.82, 2.24) is 4.72 Å². The molecule has 104 valence electrons. The van der Waals surface area contributed by atoms with E-state index in [4.69, 9.17) is 0 Å². The second kappa shape index (κ2) is 4.80. The van der Waals surface area contributed by atoms with Gasteiger partial charge >= 0.3 is 0 Å². The van der Waals surface area contributed by atoms with E-state index >= 15 is 0 Å². The Morgan fingerprint density at radius 1 is 1.42 bits per heavy atom. The summed E-state index contributed by atoms with van der Waals surface area (Å²) < 4.78 is 27.4. The highest BCUT2D eigenvalue weighted by atomic mass is 32.2. The smallest absolute Gasteiger partial charge is 0.240 e. The van der Waals surface area contributed by atoms with Crippen LogP contribution in [0.3, 0.4) is 0 Å². The van der Waals surface area contributed by atoms with Gasteiger partial charge in [0.15, 0.2) is 0 Å². The number of fused-ring (bicyclic) bond motifs is 1. The van der Waals surface area contributed by atoms with Gasteiger partial charge in [0, 0.05) is 18.3 Å². The molecule has 1 aliphatic heterocycles.